The number of unbranched alkanes of at least 4 members (excludes halogenated alkanes) is 5. The second-order valence-corrected chi connectivity index (χ2v) is 5.84. The van der Waals surface area contributed by atoms with Gasteiger partial charge < -0.3 is 20.5 Å². The predicted octanol–water partition coefficient (Wildman–Crippen LogP) is 3.30. The van der Waals surface area contributed by atoms with E-state index >= 15 is 0 Å². The Kier molecular flexibility index (Phi) is 16.1. The molecule has 0 radical (unpaired) electrons. The van der Waals surface area contributed by atoms with Gasteiger partial charge in [-0.2, -0.15) is 0 Å². The maximum absolute atomic E-state index is 5.47. The first-order valence-corrected chi connectivity index (χ1v) is 8.76. The number of ether oxygens (including phenoxy) is 2. The fourth-order valence-electron chi connectivity index (χ4n) is 2.80. The van der Waals surface area contributed by atoms with Crippen LogP contribution in [0.1, 0.15) is 64.7 Å². The molecule has 0 aromatic carbocycles. The molecule has 0 heterocycles. The summed E-state index contributed by atoms with van der Waals surface area (Å²) in [6.07, 6.45) is 11.5. The summed E-state index contributed by atoms with van der Waals surface area (Å²) < 4.78 is 10.9. The van der Waals surface area contributed by atoms with Crippen molar-refractivity contribution in [1.82, 2.24) is 5.32 Å². The molecule has 0 aliphatic carbocycles. The van der Waals surface area contributed by atoms with Crippen LogP contribution in [-0.4, -0.2) is 40.1 Å². The van der Waals surface area contributed by atoms with E-state index in [1.165, 1.54) is 44.9 Å². The van der Waals surface area contributed by atoms with Crippen LogP contribution >= 0.6 is 0 Å². The van der Waals surface area contributed by atoms with Crippen molar-refractivity contribution in [3.05, 3.63) is 0 Å². The lowest BCUT2D eigenvalue weighted by molar-refractivity contribution is -0.140. The summed E-state index contributed by atoms with van der Waals surface area (Å²) >= 11 is 0. The predicted molar refractivity (Wildman–Crippen MR) is 90.4 cm³/mol. The van der Waals surface area contributed by atoms with Gasteiger partial charge in [0.25, 0.3) is 0 Å². The molecule has 0 spiro atoms. The van der Waals surface area contributed by atoms with Crippen molar-refractivity contribution in [2.75, 3.05) is 33.9 Å². The Morgan fingerprint density at radius 1 is 0.857 bits per heavy atom. The second kappa shape index (κ2) is 16.2. The summed E-state index contributed by atoms with van der Waals surface area (Å²) in [6.45, 7) is 4.90. The number of nitrogens with two attached hydrogens (primary N) is 1. The molecule has 21 heavy (non-hydrogen) atoms. The van der Waals surface area contributed by atoms with Crippen molar-refractivity contribution < 1.29 is 9.47 Å². The van der Waals surface area contributed by atoms with E-state index in [1.807, 2.05) is 0 Å². The molecule has 0 saturated carbocycles. The lowest BCUT2D eigenvalue weighted by atomic mass is 9.95. The van der Waals surface area contributed by atoms with E-state index in [2.05, 4.69) is 12.2 Å². The zero-order valence-electron chi connectivity index (χ0n) is 14.5. The molecule has 0 fully saturated rings. The van der Waals surface area contributed by atoms with Crippen molar-refractivity contribution in [3.63, 3.8) is 0 Å². The third kappa shape index (κ3) is 12.1. The molecule has 0 rings (SSSR count). The SMILES string of the molecule is CCCCCCCCC(CCCNCCN)C(OC)OC. The Hall–Kier alpha value is -0.160. The van der Waals surface area contributed by atoms with Gasteiger partial charge in [-0.05, 0) is 25.8 Å². The molecule has 0 bridgehead atoms. The van der Waals surface area contributed by atoms with Crippen LogP contribution in [0.2, 0.25) is 0 Å². The fourth-order valence-corrected chi connectivity index (χ4v) is 2.80. The Balaban J connectivity index is 3.86. The van der Waals surface area contributed by atoms with Crippen molar-refractivity contribution in [3.8, 4) is 0 Å². The average molecular weight is 303 g/mol. The average Bonchev–Trinajstić information content (AvgIpc) is 2.50. The van der Waals surface area contributed by atoms with E-state index in [9.17, 15) is 0 Å². The van der Waals surface area contributed by atoms with Crippen LogP contribution in [0.15, 0.2) is 0 Å². The van der Waals surface area contributed by atoms with Gasteiger partial charge in [0.1, 0.15) is 0 Å². The van der Waals surface area contributed by atoms with E-state index in [0.29, 0.717) is 12.5 Å². The summed E-state index contributed by atoms with van der Waals surface area (Å²) in [5.74, 6) is 0.505. The van der Waals surface area contributed by atoms with Gasteiger partial charge in [-0.1, -0.05) is 45.4 Å². The zero-order valence-corrected chi connectivity index (χ0v) is 14.5. The van der Waals surface area contributed by atoms with Gasteiger partial charge in [0.2, 0.25) is 0 Å². The quantitative estimate of drug-likeness (QED) is 0.339. The van der Waals surface area contributed by atoms with Crippen LogP contribution in [0.5, 0.6) is 0 Å². The number of hydrogen-bond acceptors (Lipinski definition) is 4. The van der Waals surface area contributed by atoms with Crippen molar-refractivity contribution in [2.24, 2.45) is 11.7 Å². The molecule has 1 unspecified atom stereocenters. The third-order valence-electron chi connectivity index (χ3n) is 4.03. The molecule has 0 amide bonds. The van der Waals surface area contributed by atoms with E-state index in [-0.39, 0.29) is 6.29 Å². The Bertz CT molecular complexity index is 199. The highest BCUT2D eigenvalue weighted by Gasteiger charge is 2.19. The van der Waals surface area contributed by atoms with Gasteiger partial charge in [-0.15, -0.1) is 0 Å². The molecule has 4 nitrogen and oxygen atoms in total. The Morgan fingerprint density at radius 3 is 2.10 bits per heavy atom. The second-order valence-electron chi connectivity index (χ2n) is 5.84. The minimum Gasteiger partial charge on any atom is -0.356 e. The van der Waals surface area contributed by atoms with Crippen LogP contribution in [0.3, 0.4) is 0 Å². The molecular formula is C17H38N2O2. The van der Waals surface area contributed by atoms with Crippen LogP contribution in [0, 0.1) is 5.92 Å². The third-order valence-corrected chi connectivity index (χ3v) is 4.03. The lowest BCUT2D eigenvalue weighted by Crippen LogP contribution is -2.27. The first-order chi connectivity index (χ1) is 10.3. The number of rotatable bonds is 16. The van der Waals surface area contributed by atoms with E-state index < -0.39 is 0 Å². The smallest absolute Gasteiger partial charge is 0.159 e. The van der Waals surface area contributed by atoms with Crippen LogP contribution in [-0.2, 0) is 9.47 Å². The van der Waals surface area contributed by atoms with E-state index in [1.54, 1.807) is 14.2 Å². The summed E-state index contributed by atoms with van der Waals surface area (Å²) in [5.41, 5.74) is 5.47. The molecule has 0 aromatic heterocycles. The first kappa shape index (κ1) is 20.8. The van der Waals surface area contributed by atoms with Crippen LogP contribution < -0.4 is 11.1 Å². The number of hydrogen-bond donors (Lipinski definition) is 2. The Labute approximate surface area is 132 Å². The standard InChI is InChI=1S/C17H38N2O2/c1-4-5-6-7-8-9-11-16(17(20-2)21-3)12-10-14-19-15-13-18/h16-17,19H,4-15,18H2,1-3H3. The summed E-state index contributed by atoms with van der Waals surface area (Å²) in [4.78, 5) is 0. The highest BCUT2D eigenvalue weighted by Crippen LogP contribution is 2.22. The van der Waals surface area contributed by atoms with E-state index in [0.717, 1.165) is 25.9 Å². The van der Waals surface area contributed by atoms with Gasteiger partial charge in [-0.3, -0.25) is 0 Å². The molecule has 128 valence electrons. The molecule has 3 N–H and O–H groups in total. The molecule has 0 aromatic rings. The largest absolute Gasteiger partial charge is 0.356 e. The van der Waals surface area contributed by atoms with Gasteiger partial charge >= 0.3 is 0 Å². The summed E-state index contributed by atoms with van der Waals surface area (Å²) in [7, 11) is 3.49. The Morgan fingerprint density at radius 2 is 1.48 bits per heavy atom. The summed E-state index contributed by atoms with van der Waals surface area (Å²) in [6, 6.07) is 0. The monoisotopic (exact) mass is 302 g/mol. The molecule has 0 aliphatic rings. The number of methoxy groups -OCH3 is 2. The van der Waals surface area contributed by atoms with Crippen molar-refractivity contribution in [1.29, 1.82) is 0 Å². The topological polar surface area (TPSA) is 56.5 Å². The normalized spacial score (nSPS) is 13.0. The minimum absolute atomic E-state index is 0.0600. The minimum atomic E-state index is -0.0600. The lowest BCUT2D eigenvalue weighted by Gasteiger charge is -2.25. The molecule has 1 atom stereocenters. The maximum atomic E-state index is 5.47. The molecular weight excluding hydrogens is 264 g/mol. The molecule has 4 heteroatoms. The van der Waals surface area contributed by atoms with Crippen LogP contribution in [0.25, 0.3) is 0 Å². The zero-order chi connectivity index (χ0) is 15.8. The summed E-state index contributed by atoms with van der Waals surface area (Å²) in [5, 5.41) is 3.35. The highest BCUT2D eigenvalue weighted by molar-refractivity contribution is 4.65. The van der Waals surface area contributed by atoms with Gasteiger partial charge in [-0.25, -0.2) is 0 Å². The number of nitrogens with one attached hydrogen (secondary N) is 1. The fraction of sp³-hybridized carbons (Fsp3) is 1.00. The van der Waals surface area contributed by atoms with E-state index in [4.69, 9.17) is 15.2 Å². The van der Waals surface area contributed by atoms with Crippen LogP contribution in [0.4, 0.5) is 0 Å². The van der Waals surface area contributed by atoms with Crippen molar-refractivity contribution >= 4 is 0 Å². The van der Waals surface area contributed by atoms with Gasteiger partial charge in [0, 0.05) is 33.2 Å². The van der Waals surface area contributed by atoms with Crippen molar-refractivity contribution in [2.45, 2.75) is 71.0 Å². The van der Waals surface area contributed by atoms with Gasteiger partial charge in [0.05, 0.1) is 0 Å². The molecule has 0 saturated heterocycles. The molecule has 0 aliphatic heterocycles. The maximum Gasteiger partial charge on any atom is 0.159 e. The first-order valence-electron chi connectivity index (χ1n) is 8.76. The van der Waals surface area contributed by atoms with Gasteiger partial charge in [0.15, 0.2) is 6.29 Å². The highest BCUT2D eigenvalue weighted by atomic mass is 16.7.